The van der Waals surface area contributed by atoms with Crippen molar-refractivity contribution in [2.45, 2.75) is 26.2 Å². The molecule has 0 fully saturated rings. The highest BCUT2D eigenvalue weighted by molar-refractivity contribution is 5.87. The Morgan fingerprint density at radius 3 is 2.43 bits per heavy atom. The molecule has 1 atom stereocenters. The Morgan fingerprint density at radius 2 is 1.91 bits per heavy atom. The molecular weight excluding hydrogens is 304 g/mol. The number of unbranched alkanes of at least 4 members (excludes halogenated alkanes) is 2. The van der Waals surface area contributed by atoms with E-state index in [2.05, 4.69) is 5.32 Å². The Hall–Kier alpha value is -1.93. The van der Waals surface area contributed by atoms with E-state index in [4.69, 9.17) is 10.2 Å². The monoisotopic (exact) mass is 330 g/mol. The Labute approximate surface area is 136 Å². The van der Waals surface area contributed by atoms with E-state index in [0.717, 1.165) is 19.3 Å². The van der Waals surface area contributed by atoms with Crippen LogP contribution in [0.5, 0.6) is 0 Å². The van der Waals surface area contributed by atoms with Crippen LogP contribution in [0, 0.1) is 0 Å². The molecule has 0 rings (SSSR count). The number of carboxylic acids is 2. The number of aliphatic hydroxyl groups excluding tert-OH is 1. The second-order valence-electron chi connectivity index (χ2n) is 5.43. The zero-order chi connectivity index (χ0) is 17.7. The summed E-state index contributed by atoms with van der Waals surface area (Å²) in [5, 5.41) is 31.5. The highest BCUT2D eigenvalue weighted by atomic mass is 16.4. The fourth-order valence-corrected chi connectivity index (χ4v) is 2.24. The molecule has 0 spiro atoms. The number of allylic oxidation sites excluding steroid dienone is 1. The maximum atomic E-state index is 11.6. The molecule has 0 aliphatic rings. The predicted octanol–water partition coefficient (Wildman–Crippen LogP) is -1.51. The zero-order valence-electron chi connectivity index (χ0n) is 13.5. The minimum atomic E-state index is -1.40. The Bertz CT molecular complexity index is 406. The second kappa shape index (κ2) is 11.6. The summed E-state index contributed by atoms with van der Waals surface area (Å²) >= 11 is 0. The number of carbonyl (C=O) groups excluding carboxylic acids is 2. The van der Waals surface area contributed by atoms with E-state index in [-0.39, 0.29) is 36.6 Å². The van der Waals surface area contributed by atoms with Crippen LogP contribution in [0.4, 0.5) is 0 Å². The highest BCUT2D eigenvalue weighted by Crippen LogP contribution is 2.05. The molecule has 0 aliphatic heterocycles. The van der Waals surface area contributed by atoms with Crippen molar-refractivity contribution in [1.82, 2.24) is 5.32 Å². The number of rotatable bonds is 13. The molecule has 0 aliphatic carbocycles. The lowest BCUT2D eigenvalue weighted by Crippen LogP contribution is -2.60. The van der Waals surface area contributed by atoms with E-state index < -0.39 is 25.0 Å². The first kappa shape index (κ1) is 21.1. The summed E-state index contributed by atoms with van der Waals surface area (Å²) in [5.74, 6) is -2.89. The van der Waals surface area contributed by atoms with Crippen molar-refractivity contribution in [3.05, 3.63) is 12.2 Å². The van der Waals surface area contributed by atoms with Gasteiger partial charge in [0.15, 0.2) is 6.54 Å². The largest absolute Gasteiger partial charge is 0.544 e. The fourth-order valence-electron chi connectivity index (χ4n) is 2.24. The molecular formula is C15H26N2O6. The summed E-state index contributed by atoms with van der Waals surface area (Å²) < 4.78 is -0.381. The van der Waals surface area contributed by atoms with Crippen LogP contribution < -0.4 is 10.4 Å². The summed E-state index contributed by atoms with van der Waals surface area (Å²) in [6, 6.07) is 0. The minimum absolute atomic E-state index is 0.0392. The van der Waals surface area contributed by atoms with Crippen molar-refractivity contribution in [2.24, 2.45) is 0 Å². The molecule has 8 heteroatoms. The van der Waals surface area contributed by atoms with Crippen LogP contribution in [0.25, 0.3) is 0 Å². The molecule has 0 aromatic heterocycles. The number of quaternary nitrogens is 1. The molecule has 23 heavy (non-hydrogen) atoms. The third-order valence-corrected chi connectivity index (χ3v) is 3.39. The van der Waals surface area contributed by atoms with Gasteiger partial charge in [0.25, 0.3) is 0 Å². The molecule has 0 saturated carbocycles. The highest BCUT2D eigenvalue weighted by Gasteiger charge is 2.30. The Morgan fingerprint density at radius 1 is 1.22 bits per heavy atom. The second-order valence-corrected chi connectivity index (χ2v) is 5.43. The molecule has 0 bridgehead atoms. The summed E-state index contributed by atoms with van der Waals surface area (Å²) in [6.07, 6.45) is 5.99. The van der Waals surface area contributed by atoms with Crippen LogP contribution in [-0.4, -0.2) is 71.9 Å². The van der Waals surface area contributed by atoms with Crippen LogP contribution in [0.3, 0.4) is 0 Å². The Balaban J connectivity index is 4.58. The smallest absolute Gasteiger partial charge is 0.359 e. The number of hydrogen-bond donors (Lipinski definition) is 3. The van der Waals surface area contributed by atoms with Gasteiger partial charge in [-0.25, -0.2) is 4.79 Å². The van der Waals surface area contributed by atoms with Gasteiger partial charge in [0, 0.05) is 0 Å². The molecule has 3 N–H and O–H groups in total. The number of carbonyl (C=O) groups is 3. The lowest BCUT2D eigenvalue weighted by molar-refractivity contribution is -0.915. The minimum Gasteiger partial charge on any atom is -0.544 e. The first-order chi connectivity index (χ1) is 10.8. The van der Waals surface area contributed by atoms with E-state index in [0.29, 0.717) is 0 Å². The predicted molar refractivity (Wildman–Crippen MR) is 81.1 cm³/mol. The zero-order valence-corrected chi connectivity index (χ0v) is 13.5. The van der Waals surface area contributed by atoms with E-state index in [1.807, 2.05) is 6.92 Å². The van der Waals surface area contributed by atoms with E-state index in [9.17, 15) is 19.5 Å². The summed E-state index contributed by atoms with van der Waals surface area (Å²) in [6.45, 7) is 0.846. The first-order valence-corrected chi connectivity index (χ1v) is 7.67. The normalized spacial score (nSPS) is 13.7. The van der Waals surface area contributed by atoms with Crippen LogP contribution in [0.1, 0.15) is 26.2 Å². The molecule has 0 heterocycles. The molecule has 1 unspecified atom stereocenters. The van der Waals surface area contributed by atoms with Gasteiger partial charge < -0.3 is 29.9 Å². The lowest BCUT2D eigenvalue weighted by atomic mass is 10.2. The molecule has 0 aromatic rings. The molecule has 0 saturated heterocycles. The van der Waals surface area contributed by atoms with Crippen LogP contribution in [0.15, 0.2) is 12.2 Å². The third-order valence-electron chi connectivity index (χ3n) is 3.39. The summed E-state index contributed by atoms with van der Waals surface area (Å²) in [4.78, 5) is 33.4. The molecule has 0 radical (unpaired) electrons. The van der Waals surface area contributed by atoms with Crippen molar-refractivity contribution in [3.8, 4) is 0 Å². The van der Waals surface area contributed by atoms with Crippen molar-refractivity contribution in [2.75, 3.05) is 39.3 Å². The van der Waals surface area contributed by atoms with Crippen LogP contribution >= 0.6 is 0 Å². The van der Waals surface area contributed by atoms with E-state index >= 15 is 0 Å². The number of hydrogen-bond acceptors (Lipinski definition) is 5. The van der Waals surface area contributed by atoms with E-state index in [1.54, 1.807) is 6.08 Å². The molecule has 1 amide bonds. The average Bonchev–Trinajstić information content (AvgIpc) is 2.42. The summed E-state index contributed by atoms with van der Waals surface area (Å²) in [7, 11) is 0. The number of aliphatic hydroxyl groups is 1. The quantitative estimate of drug-likeness (QED) is 0.214. The standard InChI is InChI=1S/C15H26N2O6/c1-2-3-4-5-6-13(19)16-7-8-17(9-10-18,11-14(20)21)12-15(22)23/h5-6,18H,2-4,7-12H2,1H3,(H2-,16,19,20,21,22,23)/b6-5+. The maximum Gasteiger partial charge on any atom is 0.359 e. The van der Waals surface area contributed by atoms with Crippen molar-refractivity contribution in [1.29, 1.82) is 0 Å². The van der Waals surface area contributed by atoms with Gasteiger partial charge in [-0.05, 0) is 12.5 Å². The van der Waals surface area contributed by atoms with Gasteiger partial charge in [-0.15, -0.1) is 0 Å². The van der Waals surface area contributed by atoms with Gasteiger partial charge in [0.05, 0.1) is 25.7 Å². The van der Waals surface area contributed by atoms with Crippen molar-refractivity contribution >= 4 is 17.8 Å². The van der Waals surface area contributed by atoms with Crippen molar-refractivity contribution < 1.29 is 34.2 Å². The fraction of sp³-hybridized carbons (Fsp3) is 0.667. The van der Waals surface area contributed by atoms with Gasteiger partial charge in [-0.3, -0.25) is 4.79 Å². The molecule has 132 valence electrons. The van der Waals surface area contributed by atoms with Crippen LogP contribution in [0.2, 0.25) is 0 Å². The Kier molecular flexibility index (Phi) is 10.6. The molecule has 8 nitrogen and oxygen atoms in total. The van der Waals surface area contributed by atoms with Crippen LogP contribution in [-0.2, 0) is 14.4 Å². The van der Waals surface area contributed by atoms with Gasteiger partial charge >= 0.3 is 5.97 Å². The average molecular weight is 330 g/mol. The number of nitrogens with one attached hydrogen (secondary N) is 1. The SMILES string of the molecule is CCCC/C=C/C(=O)NCC[N+](CCO)(CC(=O)[O-])CC(=O)O. The van der Waals surface area contributed by atoms with Crippen molar-refractivity contribution in [3.63, 3.8) is 0 Å². The number of carboxylic acid groups (broad SMARTS) is 2. The van der Waals surface area contributed by atoms with Gasteiger partial charge in [0.1, 0.15) is 13.1 Å². The number of nitrogens with zero attached hydrogens (tertiary/aromatic N) is 1. The number of aliphatic carboxylic acids is 2. The molecule has 0 aromatic carbocycles. The maximum absolute atomic E-state index is 11.6. The van der Waals surface area contributed by atoms with Gasteiger partial charge in [-0.1, -0.05) is 25.8 Å². The number of amides is 1. The van der Waals surface area contributed by atoms with Gasteiger partial charge in [-0.2, -0.15) is 0 Å². The first-order valence-electron chi connectivity index (χ1n) is 7.67. The lowest BCUT2D eigenvalue weighted by Gasteiger charge is -2.37. The topological polar surface area (TPSA) is 127 Å². The summed E-state index contributed by atoms with van der Waals surface area (Å²) in [5.41, 5.74) is 0. The third kappa shape index (κ3) is 10.4. The van der Waals surface area contributed by atoms with E-state index in [1.165, 1.54) is 6.08 Å². The van der Waals surface area contributed by atoms with Gasteiger partial charge in [0.2, 0.25) is 5.91 Å².